The first-order valence-electron chi connectivity index (χ1n) is 12.3. The lowest BCUT2D eigenvalue weighted by atomic mass is 9.76. The Morgan fingerprint density at radius 3 is 2.47 bits per heavy atom. The standard InChI is InChI=1S/C29H31FN2O4/c30-26-6-2-5-23(15-27(33)34)28(26)36-17-21-12-24(22-4-1-3-20(11-22)16-31)14-25(13-21)32-9-7-29(8-10-32)18-35-19-29/h1-6,11-14H,7-10,15-19,31H2,(H,33,34). The number of piperidine rings is 1. The zero-order valence-corrected chi connectivity index (χ0v) is 20.2. The van der Waals surface area contributed by atoms with Gasteiger partial charge in [0.2, 0.25) is 0 Å². The number of benzene rings is 3. The lowest BCUT2D eigenvalue weighted by molar-refractivity contribution is -0.136. The second-order valence-corrected chi connectivity index (χ2v) is 9.86. The van der Waals surface area contributed by atoms with Crippen LogP contribution in [0.25, 0.3) is 11.1 Å². The smallest absolute Gasteiger partial charge is 0.307 e. The summed E-state index contributed by atoms with van der Waals surface area (Å²) in [6.07, 6.45) is 1.89. The Kier molecular flexibility index (Phi) is 6.94. The van der Waals surface area contributed by atoms with E-state index < -0.39 is 11.8 Å². The number of ether oxygens (including phenoxy) is 2. The van der Waals surface area contributed by atoms with Crippen LogP contribution in [0.15, 0.2) is 60.7 Å². The van der Waals surface area contributed by atoms with Crippen molar-refractivity contribution in [3.63, 3.8) is 0 Å². The van der Waals surface area contributed by atoms with E-state index in [2.05, 4.69) is 29.2 Å². The first-order valence-corrected chi connectivity index (χ1v) is 12.3. The van der Waals surface area contributed by atoms with Gasteiger partial charge in [-0.05, 0) is 65.4 Å². The van der Waals surface area contributed by atoms with Gasteiger partial charge in [0.15, 0.2) is 11.6 Å². The lowest BCUT2D eigenvalue weighted by Gasteiger charge is -2.48. The minimum absolute atomic E-state index is 0.0121. The summed E-state index contributed by atoms with van der Waals surface area (Å²) in [5.41, 5.74) is 11.6. The number of para-hydroxylation sites is 1. The van der Waals surface area contributed by atoms with Gasteiger partial charge >= 0.3 is 5.97 Å². The van der Waals surface area contributed by atoms with E-state index in [9.17, 15) is 14.3 Å². The first kappa shape index (κ1) is 24.3. The van der Waals surface area contributed by atoms with Crippen LogP contribution in [0.3, 0.4) is 0 Å². The van der Waals surface area contributed by atoms with Crippen molar-refractivity contribution in [1.82, 2.24) is 0 Å². The van der Waals surface area contributed by atoms with E-state index in [1.165, 1.54) is 12.1 Å². The largest absolute Gasteiger partial charge is 0.486 e. The Morgan fingerprint density at radius 1 is 1.03 bits per heavy atom. The molecule has 3 aromatic rings. The third-order valence-corrected chi connectivity index (χ3v) is 7.25. The highest BCUT2D eigenvalue weighted by Gasteiger charge is 2.41. The summed E-state index contributed by atoms with van der Waals surface area (Å²) < 4.78 is 25.9. The van der Waals surface area contributed by atoms with Crippen LogP contribution in [-0.4, -0.2) is 37.4 Å². The monoisotopic (exact) mass is 490 g/mol. The molecule has 0 aliphatic carbocycles. The lowest BCUT2D eigenvalue weighted by Crippen LogP contribution is -2.50. The van der Waals surface area contributed by atoms with Crippen LogP contribution >= 0.6 is 0 Å². The van der Waals surface area contributed by atoms with Gasteiger partial charge < -0.3 is 25.2 Å². The van der Waals surface area contributed by atoms with E-state index in [-0.39, 0.29) is 18.8 Å². The number of carboxylic acids is 1. The van der Waals surface area contributed by atoms with Crippen LogP contribution < -0.4 is 15.4 Å². The number of carboxylic acid groups (broad SMARTS) is 1. The number of hydrogen-bond donors (Lipinski definition) is 2. The predicted molar refractivity (Wildman–Crippen MR) is 137 cm³/mol. The van der Waals surface area contributed by atoms with Gasteiger partial charge in [-0.25, -0.2) is 4.39 Å². The van der Waals surface area contributed by atoms with Crippen LogP contribution in [0.5, 0.6) is 5.75 Å². The fourth-order valence-electron chi connectivity index (χ4n) is 5.08. The number of hydrogen-bond acceptors (Lipinski definition) is 5. The van der Waals surface area contributed by atoms with Gasteiger partial charge in [-0.1, -0.05) is 30.3 Å². The van der Waals surface area contributed by atoms with Crippen LogP contribution in [-0.2, 0) is 29.1 Å². The molecule has 5 rings (SSSR count). The van der Waals surface area contributed by atoms with E-state index in [4.69, 9.17) is 15.2 Å². The molecule has 0 bridgehead atoms. The molecule has 0 amide bonds. The van der Waals surface area contributed by atoms with Crippen molar-refractivity contribution < 1.29 is 23.8 Å². The molecule has 2 aliphatic heterocycles. The molecule has 0 saturated carbocycles. The molecule has 7 heteroatoms. The van der Waals surface area contributed by atoms with Gasteiger partial charge in [0.05, 0.1) is 19.6 Å². The molecule has 0 aromatic heterocycles. The summed E-state index contributed by atoms with van der Waals surface area (Å²) in [5.74, 6) is -1.61. The highest BCUT2D eigenvalue weighted by Crippen LogP contribution is 2.40. The Balaban J connectivity index is 1.44. The van der Waals surface area contributed by atoms with E-state index in [1.54, 1.807) is 6.07 Å². The zero-order chi connectivity index (χ0) is 25.1. The molecule has 3 N–H and O–H groups in total. The summed E-state index contributed by atoms with van der Waals surface area (Å²) in [5, 5.41) is 9.21. The minimum atomic E-state index is -1.03. The molecule has 2 aliphatic rings. The Labute approximate surface area is 210 Å². The maximum Gasteiger partial charge on any atom is 0.307 e. The summed E-state index contributed by atoms with van der Waals surface area (Å²) in [6, 6.07) is 18.8. The van der Waals surface area contributed by atoms with Gasteiger partial charge in [0.1, 0.15) is 6.61 Å². The molecule has 2 saturated heterocycles. The van der Waals surface area contributed by atoms with Gasteiger partial charge in [0.25, 0.3) is 0 Å². The summed E-state index contributed by atoms with van der Waals surface area (Å²) >= 11 is 0. The minimum Gasteiger partial charge on any atom is -0.486 e. The fourth-order valence-corrected chi connectivity index (χ4v) is 5.08. The molecule has 2 heterocycles. The van der Waals surface area contributed by atoms with Crippen LogP contribution in [0.2, 0.25) is 0 Å². The molecule has 2 fully saturated rings. The third-order valence-electron chi connectivity index (χ3n) is 7.25. The maximum atomic E-state index is 14.6. The topological polar surface area (TPSA) is 85.0 Å². The molecular weight excluding hydrogens is 459 g/mol. The fraction of sp³-hybridized carbons (Fsp3) is 0.345. The van der Waals surface area contributed by atoms with Crippen molar-refractivity contribution in [3.8, 4) is 16.9 Å². The van der Waals surface area contributed by atoms with Crippen molar-refractivity contribution in [2.45, 2.75) is 32.4 Å². The number of nitrogens with zero attached hydrogens (tertiary/aromatic N) is 1. The molecular formula is C29H31FN2O4. The number of halogens is 1. The van der Waals surface area contributed by atoms with Crippen LogP contribution in [0.1, 0.15) is 29.5 Å². The van der Waals surface area contributed by atoms with Gasteiger partial charge in [-0.3, -0.25) is 4.79 Å². The molecule has 0 atom stereocenters. The molecule has 0 unspecified atom stereocenters. The Morgan fingerprint density at radius 2 is 1.78 bits per heavy atom. The second-order valence-electron chi connectivity index (χ2n) is 9.86. The van der Waals surface area contributed by atoms with Gasteiger partial charge in [-0.15, -0.1) is 0 Å². The highest BCUT2D eigenvalue weighted by molar-refractivity contribution is 5.72. The molecule has 188 valence electrons. The van der Waals surface area contributed by atoms with Crippen LogP contribution in [0, 0.1) is 11.2 Å². The molecule has 1 spiro atoms. The first-order chi connectivity index (χ1) is 17.4. The summed E-state index contributed by atoms with van der Waals surface area (Å²) in [4.78, 5) is 13.6. The van der Waals surface area contributed by atoms with Crippen molar-refractivity contribution in [1.29, 1.82) is 0 Å². The van der Waals surface area contributed by atoms with Crippen molar-refractivity contribution in [2.24, 2.45) is 11.1 Å². The second kappa shape index (κ2) is 10.3. The maximum absolute atomic E-state index is 14.6. The third kappa shape index (κ3) is 5.22. The van der Waals surface area contributed by atoms with Crippen LogP contribution in [0.4, 0.5) is 10.1 Å². The number of rotatable bonds is 8. The average Bonchev–Trinajstić information content (AvgIpc) is 2.87. The normalized spacial score (nSPS) is 16.6. The van der Waals surface area contributed by atoms with Gasteiger partial charge in [0, 0.05) is 36.3 Å². The van der Waals surface area contributed by atoms with E-state index in [1.807, 2.05) is 18.2 Å². The number of nitrogens with two attached hydrogens (primary N) is 1. The van der Waals surface area contributed by atoms with Crippen molar-refractivity contribution in [3.05, 3.63) is 83.2 Å². The molecule has 36 heavy (non-hydrogen) atoms. The summed E-state index contributed by atoms with van der Waals surface area (Å²) in [7, 11) is 0. The average molecular weight is 491 g/mol. The SMILES string of the molecule is NCc1cccc(-c2cc(COc3c(F)cccc3CC(=O)O)cc(N3CCC4(CC3)COC4)c2)c1. The Hall–Kier alpha value is -3.42. The molecule has 3 aromatic carbocycles. The number of carbonyl (C=O) groups is 1. The van der Waals surface area contributed by atoms with Crippen molar-refractivity contribution >= 4 is 11.7 Å². The molecule has 6 nitrogen and oxygen atoms in total. The predicted octanol–water partition coefficient (Wildman–Crippen LogP) is 4.77. The number of aliphatic carboxylic acids is 1. The molecule has 0 radical (unpaired) electrons. The quantitative estimate of drug-likeness (QED) is 0.473. The zero-order valence-electron chi connectivity index (χ0n) is 20.2. The summed E-state index contributed by atoms with van der Waals surface area (Å²) in [6.45, 7) is 4.19. The van der Waals surface area contributed by atoms with Crippen molar-refractivity contribution in [2.75, 3.05) is 31.2 Å². The van der Waals surface area contributed by atoms with E-state index in [0.29, 0.717) is 17.5 Å². The van der Waals surface area contributed by atoms with Gasteiger partial charge in [-0.2, -0.15) is 0 Å². The van der Waals surface area contributed by atoms with E-state index in [0.717, 1.165) is 67.1 Å². The van der Waals surface area contributed by atoms with E-state index >= 15 is 0 Å². The number of anilines is 1. The highest BCUT2D eigenvalue weighted by atomic mass is 19.1. The Bertz CT molecular complexity index is 1250.